The average Bonchev–Trinajstić information content (AvgIpc) is 3.10. The molecule has 5 atom stereocenters. The highest BCUT2D eigenvalue weighted by molar-refractivity contribution is 5.36. The topological polar surface area (TPSA) is 55.5 Å². The summed E-state index contributed by atoms with van der Waals surface area (Å²) in [4.78, 5) is 0. The van der Waals surface area contributed by atoms with Crippen LogP contribution in [0.25, 0.3) is 0 Å². The van der Waals surface area contributed by atoms with Crippen molar-refractivity contribution in [1.82, 2.24) is 0 Å². The molecule has 33 heavy (non-hydrogen) atoms. The van der Waals surface area contributed by atoms with Crippen LogP contribution in [0.3, 0.4) is 0 Å². The molecule has 0 aromatic carbocycles. The number of aliphatic hydroxyl groups is 1. The van der Waals surface area contributed by atoms with Gasteiger partial charge < -0.3 is 15.6 Å². The molecule has 0 spiro atoms. The molecule has 3 aliphatic carbocycles. The first kappa shape index (κ1) is 26.7. The molecule has 0 bridgehead atoms. The first-order valence-electron chi connectivity index (χ1n) is 13.8. The molecule has 0 heterocycles. The van der Waals surface area contributed by atoms with Gasteiger partial charge in [-0.05, 0) is 113 Å². The van der Waals surface area contributed by atoms with Crippen molar-refractivity contribution in [3.63, 3.8) is 0 Å². The highest BCUT2D eigenvalue weighted by atomic mass is 16.5. The lowest BCUT2D eigenvalue weighted by atomic mass is 9.60. The summed E-state index contributed by atoms with van der Waals surface area (Å²) in [5.41, 5.74) is 9.91. The molecule has 3 heteroatoms. The fourth-order valence-electron chi connectivity index (χ4n) is 7.13. The molecule has 0 aromatic heterocycles. The third kappa shape index (κ3) is 7.05. The first-order valence-corrected chi connectivity index (χ1v) is 13.8. The van der Waals surface area contributed by atoms with Gasteiger partial charge >= 0.3 is 0 Å². The van der Waals surface area contributed by atoms with Crippen molar-refractivity contribution in [2.75, 3.05) is 13.2 Å². The van der Waals surface area contributed by atoms with Crippen LogP contribution in [-0.4, -0.2) is 30.0 Å². The van der Waals surface area contributed by atoms with Crippen molar-refractivity contribution in [3.05, 3.63) is 35.5 Å². The smallest absolute Gasteiger partial charge is 0.0618 e. The zero-order valence-corrected chi connectivity index (χ0v) is 22.0. The largest absolute Gasteiger partial charge is 0.390 e. The summed E-state index contributed by atoms with van der Waals surface area (Å²) in [5, 5.41) is 10.1. The fourth-order valence-corrected chi connectivity index (χ4v) is 7.13. The first-order chi connectivity index (χ1) is 15.6. The highest BCUT2D eigenvalue weighted by Gasteiger charge is 2.50. The second-order valence-corrected chi connectivity index (χ2v) is 12.2. The Morgan fingerprint density at radius 1 is 1.21 bits per heavy atom. The van der Waals surface area contributed by atoms with E-state index in [1.807, 2.05) is 13.8 Å². The van der Waals surface area contributed by atoms with Crippen LogP contribution in [0.1, 0.15) is 105 Å². The van der Waals surface area contributed by atoms with Crippen LogP contribution in [0.4, 0.5) is 0 Å². The molecule has 188 valence electrons. The van der Waals surface area contributed by atoms with E-state index in [0.29, 0.717) is 18.1 Å². The summed E-state index contributed by atoms with van der Waals surface area (Å²) in [6.45, 7) is 14.8. The van der Waals surface area contributed by atoms with Gasteiger partial charge in [-0.1, -0.05) is 56.6 Å². The summed E-state index contributed by atoms with van der Waals surface area (Å²) < 4.78 is 6.07. The van der Waals surface area contributed by atoms with E-state index in [2.05, 4.69) is 32.6 Å². The minimum atomic E-state index is -0.534. The lowest BCUT2D eigenvalue weighted by Gasteiger charge is -2.44. The molecular weight excluding hydrogens is 406 g/mol. The molecule has 0 unspecified atom stereocenters. The van der Waals surface area contributed by atoms with Gasteiger partial charge in [0, 0.05) is 6.61 Å². The Balaban J connectivity index is 1.64. The number of rotatable bonds is 10. The monoisotopic (exact) mass is 457 g/mol. The zero-order valence-electron chi connectivity index (χ0n) is 22.0. The quantitative estimate of drug-likeness (QED) is 0.344. The third-order valence-corrected chi connectivity index (χ3v) is 9.04. The Bertz CT molecular complexity index is 715. The SMILES string of the molecule is C=C1CC[C@H](OCCCN)C/C1=C/C=C1\CCC[C@]2(C)[C@@H]([C@H](C)CCCC(C)(C)O)CC[C@@H]12. The Hall–Kier alpha value is -0.900. The van der Waals surface area contributed by atoms with Crippen molar-refractivity contribution in [2.24, 2.45) is 28.9 Å². The number of hydrogen-bond acceptors (Lipinski definition) is 3. The summed E-state index contributed by atoms with van der Waals surface area (Å²) in [5.74, 6) is 2.29. The average molecular weight is 458 g/mol. The van der Waals surface area contributed by atoms with Gasteiger partial charge in [0.1, 0.15) is 0 Å². The summed E-state index contributed by atoms with van der Waals surface area (Å²) in [6, 6.07) is 0. The van der Waals surface area contributed by atoms with Crippen molar-refractivity contribution in [1.29, 1.82) is 0 Å². The Labute approximate surface area is 203 Å². The van der Waals surface area contributed by atoms with Crippen LogP contribution >= 0.6 is 0 Å². The van der Waals surface area contributed by atoms with Crippen molar-refractivity contribution < 1.29 is 9.84 Å². The van der Waals surface area contributed by atoms with Crippen molar-refractivity contribution >= 4 is 0 Å². The number of fused-ring (bicyclic) bond motifs is 1. The van der Waals surface area contributed by atoms with Gasteiger partial charge in [0.2, 0.25) is 0 Å². The number of nitrogens with two attached hydrogens (primary N) is 1. The van der Waals surface area contributed by atoms with Crippen LogP contribution < -0.4 is 5.73 Å². The maximum Gasteiger partial charge on any atom is 0.0618 e. The maximum absolute atomic E-state index is 10.1. The standard InChI is InChI=1S/C30H51NO2/c1-22-11-14-26(33-20-8-19-31)21-25(22)13-12-24-10-7-18-30(5)27(15-16-28(24)30)23(2)9-6-17-29(3,4)32/h12-13,23,26-28,32H,1,6-11,14-21,31H2,2-5H3/b24-12+,25-13-/t23-,26+,27-,28+,30-/m1/s1. The van der Waals surface area contributed by atoms with Gasteiger partial charge in [-0.2, -0.15) is 0 Å². The summed E-state index contributed by atoms with van der Waals surface area (Å²) >= 11 is 0. The third-order valence-electron chi connectivity index (χ3n) is 9.04. The van der Waals surface area contributed by atoms with E-state index < -0.39 is 5.60 Å². The van der Waals surface area contributed by atoms with E-state index in [1.54, 1.807) is 5.57 Å². The van der Waals surface area contributed by atoms with Gasteiger partial charge in [0.05, 0.1) is 11.7 Å². The molecule has 3 rings (SSSR count). The molecule has 0 aliphatic heterocycles. The zero-order chi connectivity index (χ0) is 24.1. The predicted molar refractivity (Wildman–Crippen MR) is 140 cm³/mol. The van der Waals surface area contributed by atoms with E-state index >= 15 is 0 Å². The van der Waals surface area contributed by atoms with Crippen LogP contribution in [-0.2, 0) is 4.74 Å². The maximum atomic E-state index is 10.1. The second-order valence-electron chi connectivity index (χ2n) is 12.2. The summed E-state index contributed by atoms with van der Waals surface area (Å²) in [6.07, 6.45) is 19.2. The van der Waals surface area contributed by atoms with Crippen LogP contribution in [0.15, 0.2) is 35.5 Å². The summed E-state index contributed by atoms with van der Waals surface area (Å²) in [7, 11) is 0. The number of ether oxygens (including phenoxy) is 1. The molecular formula is C30H51NO2. The van der Waals surface area contributed by atoms with E-state index in [-0.39, 0.29) is 0 Å². The lowest BCUT2D eigenvalue weighted by Crippen LogP contribution is -2.36. The van der Waals surface area contributed by atoms with Crippen LogP contribution in [0.2, 0.25) is 0 Å². The van der Waals surface area contributed by atoms with Gasteiger partial charge in [0.15, 0.2) is 0 Å². The van der Waals surface area contributed by atoms with E-state index in [1.165, 1.54) is 49.7 Å². The molecule has 3 fully saturated rings. The Morgan fingerprint density at radius 3 is 2.73 bits per heavy atom. The Morgan fingerprint density at radius 2 is 2.00 bits per heavy atom. The predicted octanol–water partition coefficient (Wildman–Crippen LogP) is 7.11. The minimum Gasteiger partial charge on any atom is -0.390 e. The van der Waals surface area contributed by atoms with E-state index in [0.717, 1.165) is 62.9 Å². The number of allylic oxidation sites excluding steroid dienone is 4. The molecule has 3 N–H and O–H groups in total. The van der Waals surface area contributed by atoms with Crippen LogP contribution in [0, 0.1) is 23.2 Å². The molecule has 0 saturated heterocycles. The Kier molecular flexibility index (Phi) is 9.46. The highest BCUT2D eigenvalue weighted by Crippen LogP contribution is 2.60. The minimum absolute atomic E-state index is 0.323. The van der Waals surface area contributed by atoms with Crippen molar-refractivity contribution in [3.8, 4) is 0 Å². The number of hydrogen-bond donors (Lipinski definition) is 2. The molecule has 3 aliphatic rings. The fraction of sp³-hybridized carbons (Fsp3) is 0.800. The van der Waals surface area contributed by atoms with Gasteiger partial charge in [-0.25, -0.2) is 0 Å². The lowest BCUT2D eigenvalue weighted by molar-refractivity contribution is 0.0435. The van der Waals surface area contributed by atoms with Crippen LogP contribution in [0.5, 0.6) is 0 Å². The molecule has 0 amide bonds. The molecule has 3 nitrogen and oxygen atoms in total. The van der Waals surface area contributed by atoms with E-state index in [9.17, 15) is 5.11 Å². The molecule has 0 radical (unpaired) electrons. The normalized spacial score (nSPS) is 34.1. The molecule has 0 aromatic rings. The second kappa shape index (κ2) is 11.7. The van der Waals surface area contributed by atoms with Gasteiger partial charge in [-0.3, -0.25) is 0 Å². The van der Waals surface area contributed by atoms with Crippen molar-refractivity contribution in [2.45, 2.75) is 116 Å². The molecule has 3 saturated carbocycles. The van der Waals surface area contributed by atoms with Gasteiger partial charge in [0.25, 0.3) is 0 Å². The van der Waals surface area contributed by atoms with E-state index in [4.69, 9.17) is 10.5 Å². The van der Waals surface area contributed by atoms with Gasteiger partial charge in [-0.15, -0.1) is 0 Å².